The average Bonchev–Trinajstić information content (AvgIpc) is 2.31. The number of hydrogen-bond donors (Lipinski definition) is 0. The van der Waals surface area contributed by atoms with Crippen LogP contribution in [0.25, 0.3) is 0 Å². The molecule has 0 bridgehead atoms. The van der Waals surface area contributed by atoms with Crippen molar-refractivity contribution in [2.75, 3.05) is 0 Å². The van der Waals surface area contributed by atoms with Crippen molar-refractivity contribution >= 4 is 5.71 Å². The van der Waals surface area contributed by atoms with Gasteiger partial charge in [-0.25, -0.2) is 0 Å². The molecule has 86 valence electrons. The van der Waals surface area contributed by atoms with E-state index in [1.54, 1.807) is 0 Å². The Morgan fingerprint density at radius 1 is 1.25 bits per heavy atom. The van der Waals surface area contributed by atoms with Crippen LogP contribution in [0.15, 0.2) is 41.5 Å². The van der Waals surface area contributed by atoms with Crippen molar-refractivity contribution in [1.29, 1.82) is 0 Å². The van der Waals surface area contributed by atoms with E-state index < -0.39 is 0 Å². The van der Waals surface area contributed by atoms with E-state index >= 15 is 0 Å². The zero-order valence-corrected chi connectivity index (χ0v) is 10.5. The molecule has 0 aliphatic rings. The van der Waals surface area contributed by atoms with Crippen LogP contribution in [-0.2, 0) is 0 Å². The topological polar surface area (TPSA) is 12.4 Å². The first-order valence-electron chi connectivity index (χ1n) is 6.07. The van der Waals surface area contributed by atoms with E-state index in [1.165, 1.54) is 23.3 Å². The molecule has 0 radical (unpaired) electrons. The quantitative estimate of drug-likeness (QED) is 0.641. The van der Waals surface area contributed by atoms with Crippen LogP contribution in [0.2, 0.25) is 0 Å². The molecule has 0 atom stereocenters. The zero-order valence-electron chi connectivity index (χ0n) is 10.5. The van der Waals surface area contributed by atoms with Gasteiger partial charge in [0.05, 0.1) is 0 Å². The van der Waals surface area contributed by atoms with Crippen molar-refractivity contribution in [1.82, 2.24) is 0 Å². The number of aryl methyl sites for hydroxylation is 1. The number of nitrogens with zero attached hydrogens (tertiary/aromatic N) is 1. The third-order valence-corrected chi connectivity index (χ3v) is 2.58. The van der Waals surface area contributed by atoms with Crippen molar-refractivity contribution in [3.63, 3.8) is 0 Å². The molecule has 1 aromatic carbocycles. The van der Waals surface area contributed by atoms with Gasteiger partial charge in [0.1, 0.15) is 0 Å². The molecule has 0 heterocycles. The highest BCUT2D eigenvalue weighted by Gasteiger charge is 2.02. The molecular weight excluding hydrogens is 194 g/mol. The van der Waals surface area contributed by atoms with E-state index in [0.717, 1.165) is 12.8 Å². The highest BCUT2D eigenvalue weighted by atomic mass is 14.7. The molecule has 0 N–H and O–H groups in total. The summed E-state index contributed by atoms with van der Waals surface area (Å²) in [5.74, 6) is 0. The van der Waals surface area contributed by atoms with Crippen LogP contribution in [0.3, 0.4) is 0 Å². The maximum Gasteiger partial charge on any atom is 0.0475 e. The summed E-state index contributed by atoms with van der Waals surface area (Å²) in [4.78, 5) is 4.55. The van der Waals surface area contributed by atoms with Crippen LogP contribution in [0, 0.1) is 6.92 Å². The molecule has 0 saturated carbocycles. The van der Waals surface area contributed by atoms with E-state index in [0.29, 0.717) is 0 Å². The summed E-state index contributed by atoms with van der Waals surface area (Å²) < 4.78 is 0. The lowest BCUT2D eigenvalue weighted by molar-refractivity contribution is 0.956. The molecule has 0 aromatic heterocycles. The molecule has 1 nitrogen and oxygen atoms in total. The van der Waals surface area contributed by atoms with Crippen LogP contribution in [0.5, 0.6) is 0 Å². The minimum atomic E-state index is 0.974. The third-order valence-electron chi connectivity index (χ3n) is 2.58. The lowest BCUT2D eigenvalue weighted by Crippen LogP contribution is -2.00. The van der Waals surface area contributed by atoms with Crippen LogP contribution in [0.4, 0.5) is 0 Å². The van der Waals surface area contributed by atoms with Crippen molar-refractivity contribution in [3.05, 3.63) is 47.7 Å². The first kappa shape index (κ1) is 12.7. The van der Waals surface area contributed by atoms with Gasteiger partial charge >= 0.3 is 0 Å². The Hall–Kier alpha value is -1.37. The molecule has 1 aromatic rings. The van der Waals surface area contributed by atoms with Crippen LogP contribution < -0.4 is 0 Å². The molecule has 16 heavy (non-hydrogen) atoms. The fraction of sp³-hybridized carbons (Fsp3) is 0.400. The summed E-state index contributed by atoms with van der Waals surface area (Å²) in [6.07, 6.45) is 7.33. The maximum absolute atomic E-state index is 4.55. The maximum atomic E-state index is 4.55. The average molecular weight is 215 g/mol. The van der Waals surface area contributed by atoms with E-state index in [-0.39, 0.29) is 0 Å². The van der Waals surface area contributed by atoms with Gasteiger partial charge in [0, 0.05) is 11.9 Å². The van der Waals surface area contributed by atoms with Crippen LogP contribution in [0.1, 0.15) is 44.2 Å². The molecule has 1 rings (SSSR count). The second-order valence-electron chi connectivity index (χ2n) is 3.92. The predicted molar refractivity (Wildman–Crippen MR) is 72.1 cm³/mol. The Morgan fingerprint density at radius 3 is 2.62 bits per heavy atom. The smallest absolute Gasteiger partial charge is 0.0475 e. The zero-order chi connectivity index (χ0) is 11.8. The number of benzene rings is 1. The minimum Gasteiger partial charge on any atom is -0.261 e. The Labute approximate surface area is 98.9 Å². The molecule has 0 fully saturated rings. The molecular formula is C15H21N. The predicted octanol–water partition coefficient (Wildman–Crippen LogP) is 4.51. The van der Waals surface area contributed by atoms with Gasteiger partial charge in [-0.2, -0.15) is 0 Å². The Bertz CT molecular complexity index is 375. The molecule has 1 heteroatoms. The van der Waals surface area contributed by atoms with Crippen molar-refractivity contribution in [2.24, 2.45) is 4.99 Å². The summed E-state index contributed by atoms with van der Waals surface area (Å²) in [6.45, 7) is 6.46. The lowest BCUT2D eigenvalue weighted by atomic mass is 10.0. The van der Waals surface area contributed by atoms with Crippen molar-refractivity contribution in [3.8, 4) is 0 Å². The first-order valence-corrected chi connectivity index (χ1v) is 6.07. The number of unbranched alkanes of at least 4 members (excludes halogenated alkanes) is 1. The van der Waals surface area contributed by atoms with Gasteiger partial charge < -0.3 is 0 Å². The van der Waals surface area contributed by atoms with Gasteiger partial charge in [-0.1, -0.05) is 50.6 Å². The summed E-state index contributed by atoms with van der Waals surface area (Å²) >= 11 is 0. The lowest BCUT2D eigenvalue weighted by Gasteiger charge is -2.06. The Kier molecular flexibility index (Phi) is 5.55. The summed E-state index contributed by atoms with van der Waals surface area (Å²) in [5, 5.41) is 0. The largest absolute Gasteiger partial charge is 0.261 e. The third kappa shape index (κ3) is 3.65. The monoisotopic (exact) mass is 215 g/mol. The summed E-state index contributed by atoms with van der Waals surface area (Å²) in [6, 6.07) is 8.42. The molecule has 0 aliphatic carbocycles. The second kappa shape index (κ2) is 7.00. The van der Waals surface area contributed by atoms with Crippen LogP contribution in [-0.4, -0.2) is 5.71 Å². The highest BCUT2D eigenvalue weighted by molar-refractivity contribution is 6.01. The summed E-state index contributed by atoms with van der Waals surface area (Å²) in [5.41, 5.74) is 3.74. The Balaban J connectivity index is 2.86. The van der Waals surface area contributed by atoms with Crippen molar-refractivity contribution < 1.29 is 0 Å². The van der Waals surface area contributed by atoms with Gasteiger partial charge in [0.15, 0.2) is 0 Å². The van der Waals surface area contributed by atoms with E-state index in [1.807, 2.05) is 6.20 Å². The molecule has 0 aliphatic heterocycles. The van der Waals surface area contributed by atoms with Gasteiger partial charge in [0.25, 0.3) is 0 Å². The Morgan fingerprint density at radius 2 is 2.00 bits per heavy atom. The second-order valence-corrected chi connectivity index (χ2v) is 3.92. The molecule has 0 amide bonds. The molecule has 0 unspecified atom stereocenters. The van der Waals surface area contributed by atoms with E-state index in [4.69, 9.17) is 0 Å². The fourth-order valence-electron chi connectivity index (χ4n) is 1.63. The van der Waals surface area contributed by atoms with Gasteiger partial charge in [-0.3, -0.25) is 4.99 Å². The minimum absolute atomic E-state index is 0.974. The summed E-state index contributed by atoms with van der Waals surface area (Å²) in [7, 11) is 0. The standard InChI is InChI=1S/C15H21N/c1-4-6-9-12-16-15(5-2)14-11-8-7-10-13(14)3/h7-12H,4-6H2,1-3H3/b12-9+,16-15?. The van der Waals surface area contributed by atoms with Gasteiger partial charge in [-0.05, 0) is 30.9 Å². The molecule has 0 spiro atoms. The normalized spacial score (nSPS) is 12.3. The van der Waals surface area contributed by atoms with Gasteiger partial charge in [-0.15, -0.1) is 0 Å². The number of hydrogen-bond acceptors (Lipinski definition) is 1. The number of allylic oxidation sites excluding steroid dienone is 1. The van der Waals surface area contributed by atoms with Crippen LogP contribution >= 0.6 is 0 Å². The highest BCUT2D eigenvalue weighted by Crippen LogP contribution is 2.11. The fourth-order valence-corrected chi connectivity index (χ4v) is 1.63. The van der Waals surface area contributed by atoms with Crippen molar-refractivity contribution in [2.45, 2.75) is 40.0 Å². The molecule has 0 saturated heterocycles. The van der Waals surface area contributed by atoms with E-state index in [2.05, 4.69) is 56.1 Å². The SMILES string of the molecule is CCC/C=C/N=C(CC)c1ccccc1C. The van der Waals surface area contributed by atoms with Gasteiger partial charge in [0.2, 0.25) is 0 Å². The van der Waals surface area contributed by atoms with E-state index in [9.17, 15) is 0 Å². The number of aliphatic imine (C=N–C) groups is 1. The first-order chi connectivity index (χ1) is 7.79. The number of rotatable bonds is 5.